The van der Waals surface area contributed by atoms with Crippen molar-refractivity contribution in [3.05, 3.63) is 131 Å². The zero-order valence-electron chi connectivity index (χ0n) is 19.7. The van der Waals surface area contributed by atoms with Crippen LogP contribution < -0.4 is 9.47 Å². The molecule has 182 valence electrons. The minimum Gasteiger partial charge on any atom is -0.489 e. The Morgan fingerprint density at radius 1 is 0.417 bits per heavy atom. The van der Waals surface area contributed by atoms with Gasteiger partial charge in [-0.3, -0.25) is 0 Å². The summed E-state index contributed by atoms with van der Waals surface area (Å²) in [5, 5.41) is 0. The van der Waals surface area contributed by atoms with E-state index in [1.165, 1.54) is 0 Å². The molecule has 4 rings (SSSR count). The SMILES string of the molecule is O=C(OCc1ccc(OCc2ccccc2)cc1)C(=O)OCc1ccc(OCc2ccccc2)cc1. The first-order valence-corrected chi connectivity index (χ1v) is 11.5. The van der Waals surface area contributed by atoms with E-state index in [1.54, 1.807) is 48.5 Å². The third kappa shape index (κ3) is 7.74. The zero-order chi connectivity index (χ0) is 25.0. The largest absolute Gasteiger partial charge is 0.489 e. The molecule has 0 aliphatic heterocycles. The Hall–Kier alpha value is -4.58. The van der Waals surface area contributed by atoms with Crippen molar-refractivity contribution in [3.63, 3.8) is 0 Å². The van der Waals surface area contributed by atoms with Crippen molar-refractivity contribution in [1.29, 1.82) is 0 Å². The summed E-state index contributed by atoms with van der Waals surface area (Å²) in [6.45, 7) is 0.843. The normalized spacial score (nSPS) is 10.3. The van der Waals surface area contributed by atoms with Gasteiger partial charge in [0.05, 0.1) is 0 Å². The summed E-state index contributed by atoms with van der Waals surface area (Å²) in [5.41, 5.74) is 3.60. The highest BCUT2D eigenvalue weighted by Crippen LogP contribution is 2.16. The lowest BCUT2D eigenvalue weighted by molar-refractivity contribution is -0.169. The summed E-state index contributed by atoms with van der Waals surface area (Å²) in [7, 11) is 0. The average molecular weight is 483 g/mol. The molecule has 0 spiro atoms. The molecule has 0 atom stereocenters. The van der Waals surface area contributed by atoms with Crippen LogP contribution in [0.4, 0.5) is 0 Å². The molecular weight excluding hydrogens is 456 g/mol. The lowest BCUT2D eigenvalue weighted by Crippen LogP contribution is -2.20. The van der Waals surface area contributed by atoms with Gasteiger partial charge in [0, 0.05) is 0 Å². The quantitative estimate of drug-likeness (QED) is 0.215. The maximum Gasteiger partial charge on any atom is 0.417 e. The summed E-state index contributed by atoms with van der Waals surface area (Å²) in [4.78, 5) is 24.0. The fourth-order valence-corrected chi connectivity index (χ4v) is 3.26. The van der Waals surface area contributed by atoms with E-state index in [2.05, 4.69) is 0 Å². The maximum atomic E-state index is 12.0. The number of rotatable bonds is 10. The Bertz CT molecular complexity index is 1140. The van der Waals surface area contributed by atoms with E-state index < -0.39 is 11.9 Å². The number of hydrogen-bond acceptors (Lipinski definition) is 6. The molecule has 0 aromatic heterocycles. The highest BCUT2D eigenvalue weighted by Gasteiger charge is 2.17. The van der Waals surface area contributed by atoms with Crippen molar-refractivity contribution in [1.82, 2.24) is 0 Å². The Morgan fingerprint density at radius 3 is 1.11 bits per heavy atom. The van der Waals surface area contributed by atoms with Crippen LogP contribution in [-0.2, 0) is 45.5 Å². The summed E-state index contributed by atoms with van der Waals surface area (Å²) < 4.78 is 21.6. The predicted molar refractivity (Wildman–Crippen MR) is 134 cm³/mol. The smallest absolute Gasteiger partial charge is 0.417 e. The van der Waals surface area contributed by atoms with E-state index in [0.717, 1.165) is 22.3 Å². The molecule has 0 aliphatic rings. The second-order valence-corrected chi connectivity index (χ2v) is 7.99. The molecule has 0 saturated heterocycles. The van der Waals surface area contributed by atoms with Crippen LogP contribution in [0.3, 0.4) is 0 Å². The van der Waals surface area contributed by atoms with Gasteiger partial charge in [-0.15, -0.1) is 0 Å². The molecule has 0 aliphatic carbocycles. The predicted octanol–water partition coefficient (Wildman–Crippen LogP) is 5.63. The standard InChI is InChI=1S/C30H26O6/c31-29(35-21-25-11-15-27(16-12-25)33-19-23-7-3-1-4-8-23)30(32)36-22-26-13-17-28(18-14-26)34-20-24-9-5-2-6-10-24/h1-18H,19-22H2. The monoisotopic (exact) mass is 482 g/mol. The second-order valence-electron chi connectivity index (χ2n) is 7.99. The molecule has 0 fully saturated rings. The molecule has 0 bridgehead atoms. The first-order chi connectivity index (χ1) is 17.7. The molecular formula is C30H26O6. The van der Waals surface area contributed by atoms with E-state index in [1.807, 2.05) is 60.7 Å². The number of benzene rings is 4. The van der Waals surface area contributed by atoms with Crippen LogP contribution in [0.25, 0.3) is 0 Å². The molecule has 4 aromatic carbocycles. The van der Waals surface area contributed by atoms with E-state index in [4.69, 9.17) is 18.9 Å². The van der Waals surface area contributed by atoms with Gasteiger partial charge < -0.3 is 18.9 Å². The Morgan fingerprint density at radius 2 is 0.750 bits per heavy atom. The molecule has 0 saturated carbocycles. The molecule has 36 heavy (non-hydrogen) atoms. The molecule has 6 nitrogen and oxygen atoms in total. The van der Waals surface area contributed by atoms with Crippen molar-refractivity contribution >= 4 is 11.9 Å². The van der Waals surface area contributed by atoms with Crippen LogP contribution in [0.5, 0.6) is 11.5 Å². The minimum atomic E-state index is -1.04. The molecule has 6 heteroatoms. The summed E-state index contributed by atoms with van der Waals surface area (Å²) in [6.07, 6.45) is 0. The minimum absolute atomic E-state index is 0.0413. The van der Waals surface area contributed by atoms with Gasteiger partial charge in [-0.2, -0.15) is 0 Å². The number of carbonyl (C=O) groups is 2. The summed E-state index contributed by atoms with van der Waals surface area (Å²) in [5.74, 6) is -0.681. The lowest BCUT2D eigenvalue weighted by Gasteiger charge is -2.09. The van der Waals surface area contributed by atoms with Gasteiger partial charge in [-0.05, 0) is 46.5 Å². The van der Waals surface area contributed by atoms with Crippen molar-refractivity contribution in [2.24, 2.45) is 0 Å². The third-order valence-corrected chi connectivity index (χ3v) is 5.25. The summed E-state index contributed by atoms with van der Waals surface area (Å²) in [6, 6.07) is 34.0. The first-order valence-electron chi connectivity index (χ1n) is 11.5. The Kier molecular flexibility index (Phi) is 8.70. The van der Waals surface area contributed by atoms with Gasteiger partial charge in [0.25, 0.3) is 0 Å². The van der Waals surface area contributed by atoms with Gasteiger partial charge >= 0.3 is 11.9 Å². The fourth-order valence-electron chi connectivity index (χ4n) is 3.26. The van der Waals surface area contributed by atoms with Crippen LogP contribution in [0.15, 0.2) is 109 Å². The van der Waals surface area contributed by atoms with Crippen LogP contribution in [-0.4, -0.2) is 11.9 Å². The molecule has 0 N–H and O–H groups in total. The topological polar surface area (TPSA) is 71.1 Å². The number of carbonyl (C=O) groups excluding carboxylic acids is 2. The van der Waals surface area contributed by atoms with Crippen LogP contribution in [0, 0.1) is 0 Å². The molecule has 0 radical (unpaired) electrons. The Balaban J connectivity index is 1.15. The molecule has 0 heterocycles. The highest BCUT2D eigenvalue weighted by molar-refractivity contribution is 6.29. The Labute approximate surface area is 210 Å². The van der Waals surface area contributed by atoms with Crippen LogP contribution in [0.1, 0.15) is 22.3 Å². The van der Waals surface area contributed by atoms with E-state index >= 15 is 0 Å². The number of ether oxygens (including phenoxy) is 4. The van der Waals surface area contributed by atoms with Crippen molar-refractivity contribution in [3.8, 4) is 11.5 Å². The van der Waals surface area contributed by atoms with E-state index in [9.17, 15) is 9.59 Å². The van der Waals surface area contributed by atoms with Gasteiger partial charge in [0.15, 0.2) is 0 Å². The number of hydrogen-bond donors (Lipinski definition) is 0. The average Bonchev–Trinajstić information content (AvgIpc) is 2.94. The third-order valence-electron chi connectivity index (χ3n) is 5.25. The van der Waals surface area contributed by atoms with Gasteiger partial charge in [0.1, 0.15) is 37.9 Å². The molecule has 0 unspecified atom stereocenters. The van der Waals surface area contributed by atoms with Crippen LogP contribution in [0.2, 0.25) is 0 Å². The van der Waals surface area contributed by atoms with Gasteiger partial charge in [0.2, 0.25) is 0 Å². The first kappa shape index (κ1) is 24.5. The fraction of sp³-hybridized carbons (Fsp3) is 0.133. The van der Waals surface area contributed by atoms with Crippen molar-refractivity contribution < 1.29 is 28.5 Å². The van der Waals surface area contributed by atoms with Crippen LogP contribution >= 0.6 is 0 Å². The molecule has 0 amide bonds. The second kappa shape index (κ2) is 12.8. The summed E-state index contributed by atoms with van der Waals surface area (Å²) >= 11 is 0. The van der Waals surface area contributed by atoms with E-state index in [0.29, 0.717) is 24.7 Å². The van der Waals surface area contributed by atoms with E-state index in [-0.39, 0.29) is 13.2 Å². The lowest BCUT2D eigenvalue weighted by atomic mass is 10.2. The maximum absolute atomic E-state index is 12.0. The van der Waals surface area contributed by atoms with Gasteiger partial charge in [-0.1, -0.05) is 84.9 Å². The number of esters is 2. The van der Waals surface area contributed by atoms with Crippen molar-refractivity contribution in [2.45, 2.75) is 26.4 Å². The van der Waals surface area contributed by atoms with Gasteiger partial charge in [-0.25, -0.2) is 9.59 Å². The highest BCUT2D eigenvalue weighted by atomic mass is 16.6. The zero-order valence-corrected chi connectivity index (χ0v) is 19.7. The van der Waals surface area contributed by atoms with Crippen molar-refractivity contribution in [2.75, 3.05) is 0 Å². The molecule has 4 aromatic rings.